The highest BCUT2D eigenvalue weighted by molar-refractivity contribution is 5.63. The molecule has 20 heavy (non-hydrogen) atoms. The zero-order valence-corrected chi connectivity index (χ0v) is 11.9. The first-order valence-electron chi connectivity index (χ1n) is 6.94. The number of nitrogens with zero attached hydrogens (tertiary/aromatic N) is 2. The highest BCUT2D eigenvalue weighted by atomic mass is 15.1. The molecule has 0 saturated heterocycles. The number of likely N-dealkylation sites (N-methyl/N-ethyl adjacent to an activating group) is 1. The third-order valence-electron chi connectivity index (χ3n) is 3.47. The molecule has 0 aliphatic heterocycles. The van der Waals surface area contributed by atoms with Gasteiger partial charge in [0.05, 0.1) is 11.4 Å². The molecule has 2 rings (SSSR count). The summed E-state index contributed by atoms with van der Waals surface area (Å²) in [6.07, 6.45) is 4.71. The molecule has 2 aromatic rings. The second-order valence-electron chi connectivity index (χ2n) is 4.94. The zero-order chi connectivity index (χ0) is 14.4. The second-order valence-corrected chi connectivity index (χ2v) is 4.94. The largest absolute Gasteiger partial charge is 0.397 e. The lowest BCUT2D eigenvalue weighted by Gasteiger charge is -2.20. The lowest BCUT2D eigenvalue weighted by Crippen LogP contribution is -2.25. The topological polar surface area (TPSA) is 68.2 Å². The number of hydrogen-bond donors (Lipinski definition) is 2. The van der Waals surface area contributed by atoms with Gasteiger partial charge in [0.1, 0.15) is 0 Å². The number of aromatic nitrogens is 1. The fraction of sp³-hybridized carbons (Fsp3) is 0.312. The summed E-state index contributed by atoms with van der Waals surface area (Å²) in [5.74, 6) is 0. The third-order valence-corrected chi connectivity index (χ3v) is 3.47. The van der Waals surface area contributed by atoms with Crippen LogP contribution in [-0.2, 0) is 13.0 Å². The SMILES string of the molecule is CCN(CCc1ccncc1)Cc1ccc(N)c(N)c1. The van der Waals surface area contributed by atoms with Crippen LogP contribution in [0.1, 0.15) is 18.1 Å². The molecule has 0 aliphatic carbocycles. The predicted octanol–water partition coefficient (Wildman–Crippen LogP) is 2.31. The molecule has 106 valence electrons. The summed E-state index contributed by atoms with van der Waals surface area (Å²) in [5, 5.41) is 0. The molecular weight excluding hydrogens is 248 g/mol. The van der Waals surface area contributed by atoms with Crippen molar-refractivity contribution in [1.82, 2.24) is 9.88 Å². The summed E-state index contributed by atoms with van der Waals surface area (Å²) < 4.78 is 0. The van der Waals surface area contributed by atoms with Crippen molar-refractivity contribution >= 4 is 11.4 Å². The van der Waals surface area contributed by atoms with Gasteiger partial charge in [0.15, 0.2) is 0 Å². The summed E-state index contributed by atoms with van der Waals surface area (Å²) in [7, 11) is 0. The van der Waals surface area contributed by atoms with Crippen LogP contribution < -0.4 is 11.5 Å². The first-order valence-corrected chi connectivity index (χ1v) is 6.94. The molecular formula is C16H22N4. The van der Waals surface area contributed by atoms with Crippen LogP contribution in [0.5, 0.6) is 0 Å². The van der Waals surface area contributed by atoms with E-state index < -0.39 is 0 Å². The van der Waals surface area contributed by atoms with E-state index in [0.29, 0.717) is 11.4 Å². The molecule has 0 fully saturated rings. The fourth-order valence-corrected chi connectivity index (χ4v) is 2.17. The normalized spacial score (nSPS) is 10.9. The maximum atomic E-state index is 5.85. The minimum absolute atomic E-state index is 0.647. The molecule has 4 nitrogen and oxygen atoms in total. The van der Waals surface area contributed by atoms with E-state index in [1.54, 1.807) is 0 Å². The summed E-state index contributed by atoms with van der Waals surface area (Å²) in [6.45, 7) is 5.10. The Morgan fingerprint density at radius 1 is 1.00 bits per heavy atom. The summed E-state index contributed by atoms with van der Waals surface area (Å²) in [6, 6.07) is 10.0. The van der Waals surface area contributed by atoms with Gasteiger partial charge in [-0.1, -0.05) is 13.0 Å². The van der Waals surface area contributed by atoms with Gasteiger partial charge in [0.25, 0.3) is 0 Å². The van der Waals surface area contributed by atoms with E-state index in [4.69, 9.17) is 11.5 Å². The Labute approximate surface area is 120 Å². The number of hydrogen-bond acceptors (Lipinski definition) is 4. The van der Waals surface area contributed by atoms with Crippen LogP contribution in [0.4, 0.5) is 11.4 Å². The quantitative estimate of drug-likeness (QED) is 0.790. The van der Waals surface area contributed by atoms with Crippen molar-refractivity contribution in [2.24, 2.45) is 0 Å². The van der Waals surface area contributed by atoms with Crippen molar-refractivity contribution in [2.75, 3.05) is 24.6 Å². The van der Waals surface area contributed by atoms with Crippen LogP contribution in [0.15, 0.2) is 42.7 Å². The minimum Gasteiger partial charge on any atom is -0.397 e. The Kier molecular flexibility index (Phi) is 4.96. The Hall–Kier alpha value is -2.07. The number of pyridine rings is 1. The summed E-state index contributed by atoms with van der Waals surface area (Å²) in [4.78, 5) is 6.43. The molecule has 4 N–H and O–H groups in total. The average Bonchev–Trinajstić information content (AvgIpc) is 2.48. The highest BCUT2D eigenvalue weighted by Gasteiger charge is 2.05. The average molecular weight is 270 g/mol. The molecule has 0 atom stereocenters. The monoisotopic (exact) mass is 270 g/mol. The molecule has 1 aromatic heterocycles. The number of anilines is 2. The van der Waals surface area contributed by atoms with Gasteiger partial charge < -0.3 is 11.5 Å². The van der Waals surface area contributed by atoms with Gasteiger partial charge in [0.2, 0.25) is 0 Å². The predicted molar refractivity (Wildman–Crippen MR) is 84.2 cm³/mol. The van der Waals surface area contributed by atoms with E-state index in [2.05, 4.69) is 28.9 Å². The van der Waals surface area contributed by atoms with Gasteiger partial charge in [-0.25, -0.2) is 0 Å². The van der Waals surface area contributed by atoms with Crippen LogP contribution in [0, 0.1) is 0 Å². The van der Waals surface area contributed by atoms with Crippen molar-refractivity contribution in [3.63, 3.8) is 0 Å². The van der Waals surface area contributed by atoms with E-state index in [-0.39, 0.29) is 0 Å². The maximum Gasteiger partial charge on any atom is 0.0551 e. The van der Waals surface area contributed by atoms with Crippen LogP contribution >= 0.6 is 0 Å². The van der Waals surface area contributed by atoms with Gasteiger partial charge in [-0.3, -0.25) is 9.88 Å². The number of benzene rings is 1. The van der Waals surface area contributed by atoms with E-state index in [1.165, 1.54) is 11.1 Å². The first-order chi connectivity index (χ1) is 9.69. The van der Waals surface area contributed by atoms with Gasteiger partial charge in [0, 0.05) is 25.5 Å². The molecule has 0 amide bonds. The van der Waals surface area contributed by atoms with E-state index in [9.17, 15) is 0 Å². The number of rotatable bonds is 6. The fourth-order valence-electron chi connectivity index (χ4n) is 2.17. The van der Waals surface area contributed by atoms with Crippen molar-refractivity contribution in [3.05, 3.63) is 53.9 Å². The Morgan fingerprint density at radius 3 is 2.40 bits per heavy atom. The standard InChI is InChI=1S/C16H22N4/c1-2-20(10-7-13-5-8-19-9-6-13)12-14-3-4-15(17)16(18)11-14/h3-6,8-9,11H,2,7,10,12,17-18H2,1H3. The summed E-state index contributed by atoms with van der Waals surface area (Å²) >= 11 is 0. The number of nitrogens with two attached hydrogens (primary N) is 2. The van der Waals surface area contributed by atoms with Crippen molar-refractivity contribution in [2.45, 2.75) is 19.9 Å². The molecule has 0 spiro atoms. The van der Waals surface area contributed by atoms with Gasteiger partial charge in [-0.05, 0) is 48.4 Å². The van der Waals surface area contributed by atoms with Gasteiger partial charge >= 0.3 is 0 Å². The van der Waals surface area contributed by atoms with Crippen LogP contribution in [-0.4, -0.2) is 23.0 Å². The Bertz CT molecular complexity index is 539. The molecule has 1 aromatic carbocycles. The van der Waals surface area contributed by atoms with Crippen molar-refractivity contribution in [1.29, 1.82) is 0 Å². The Morgan fingerprint density at radius 2 is 1.75 bits per heavy atom. The lowest BCUT2D eigenvalue weighted by atomic mass is 10.1. The molecule has 0 unspecified atom stereocenters. The van der Waals surface area contributed by atoms with E-state index in [1.807, 2.05) is 30.6 Å². The van der Waals surface area contributed by atoms with Gasteiger partial charge in [-0.15, -0.1) is 0 Å². The van der Waals surface area contributed by atoms with Gasteiger partial charge in [-0.2, -0.15) is 0 Å². The summed E-state index contributed by atoms with van der Waals surface area (Å²) in [5.41, 5.74) is 15.4. The Balaban J connectivity index is 1.93. The molecule has 0 radical (unpaired) electrons. The smallest absolute Gasteiger partial charge is 0.0551 e. The highest BCUT2D eigenvalue weighted by Crippen LogP contribution is 2.17. The van der Waals surface area contributed by atoms with E-state index in [0.717, 1.165) is 26.1 Å². The van der Waals surface area contributed by atoms with Crippen LogP contribution in [0.2, 0.25) is 0 Å². The van der Waals surface area contributed by atoms with Crippen molar-refractivity contribution in [3.8, 4) is 0 Å². The van der Waals surface area contributed by atoms with E-state index >= 15 is 0 Å². The maximum absolute atomic E-state index is 5.85. The van der Waals surface area contributed by atoms with Crippen molar-refractivity contribution < 1.29 is 0 Å². The second kappa shape index (κ2) is 6.91. The molecule has 0 saturated carbocycles. The lowest BCUT2D eigenvalue weighted by molar-refractivity contribution is 0.283. The zero-order valence-electron chi connectivity index (χ0n) is 11.9. The first kappa shape index (κ1) is 14.3. The third kappa shape index (κ3) is 3.96. The number of nitrogen functional groups attached to an aromatic ring is 2. The van der Waals surface area contributed by atoms with Crippen LogP contribution in [0.25, 0.3) is 0 Å². The minimum atomic E-state index is 0.647. The molecule has 1 heterocycles. The molecule has 0 bridgehead atoms. The van der Waals surface area contributed by atoms with Crippen LogP contribution in [0.3, 0.4) is 0 Å². The molecule has 4 heteroatoms. The molecule has 0 aliphatic rings.